The molecule has 2 heterocycles. The van der Waals surface area contributed by atoms with Gasteiger partial charge in [-0.25, -0.2) is 0 Å². The van der Waals surface area contributed by atoms with Gasteiger partial charge in [0.1, 0.15) is 5.69 Å². The molecule has 2 aliphatic rings. The lowest BCUT2D eigenvalue weighted by atomic mass is 10.1. The molecule has 0 bridgehead atoms. The first kappa shape index (κ1) is 12.7. The summed E-state index contributed by atoms with van der Waals surface area (Å²) in [5.74, 6) is 0.0609. The van der Waals surface area contributed by atoms with E-state index in [2.05, 4.69) is 4.98 Å². The Balaban J connectivity index is 1.67. The maximum atomic E-state index is 12.8. The number of hydrogen-bond donors (Lipinski definition) is 2. The fraction of sp³-hybridized carbons (Fsp3) is 0.438. The monoisotopic (exact) mass is 285 g/mol. The maximum absolute atomic E-state index is 12.8. The number of amides is 1. The van der Waals surface area contributed by atoms with Gasteiger partial charge in [-0.15, -0.1) is 0 Å². The van der Waals surface area contributed by atoms with E-state index in [4.69, 9.17) is 10.5 Å². The van der Waals surface area contributed by atoms with Crippen molar-refractivity contribution < 1.29 is 9.53 Å². The van der Waals surface area contributed by atoms with E-state index in [9.17, 15) is 4.79 Å². The minimum Gasteiger partial charge on any atom is -0.397 e. The Morgan fingerprint density at radius 3 is 3.14 bits per heavy atom. The number of aromatic nitrogens is 1. The molecule has 0 spiro atoms. The Hall–Kier alpha value is -2.01. The number of morpholine rings is 1. The number of carbonyl (C=O) groups excluding carboxylic acids is 1. The van der Waals surface area contributed by atoms with Gasteiger partial charge in [0.15, 0.2) is 0 Å². The predicted octanol–water partition coefficient (Wildman–Crippen LogP) is 2.14. The first-order chi connectivity index (χ1) is 10.2. The molecule has 21 heavy (non-hydrogen) atoms. The molecule has 1 aliphatic carbocycles. The molecule has 110 valence electrons. The number of nitrogen functional groups attached to an aromatic ring is 1. The zero-order chi connectivity index (χ0) is 14.4. The van der Waals surface area contributed by atoms with Gasteiger partial charge in [0, 0.05) is 11.9 Å². The van der Waals surface area contributed by atoms with Gasteiger partial charge in [-0.05, 0) is 31.4 Å². The molecular formula is C16H19N3O2. The molecule has 1 amide bonds. The van der Waals surface area contributed by atoms with Crippen LogP contribution in [0.2, 0.25) is 0 Å². The van der Waals surface area contributed by atoms with Crippen molar-refractivity contribution in [3.63, 3.8) is 0 Å². The molecule has 1 saturated heterocycles. The van der Waals surface area contributed by atoms with Gasteiger partial charge in [0.25, 0.3) is 5.91 Å². The highest BCUT2D eigenvalue weighted by Crippen LogP contribution is 2.31. The molecule has 0 radical (unpaired) electrons. The number of nitrogens with one attached hydrogen (secondary N) is 1. The van der Waals surface area contributed by atoms with Gasteiger partial charge in [0.05, 0.1) is 30.0 Å². The summed E-state index contributed by atoms with van der Waals surface area (Å²) in [6.45, 7) is 1.31. The number of nitrogens with zero attached hydrogens (tertiary/aromatic N) is 1. The van der Waals surface area contributed by atoms with Gasteiger partial charge in [0.2, 0.25) is 0 Å². The van der Waals surface area contributed by atoms with Crippen LogP contribution in [0.5, 0.6) is 0 Å². The summed E-state index contributed by atoms with van der Waals surface area (Å²) < 4.78 is 5.77. The van der Waals surface area contributed by atoms with Gasteiger partial charge in [-0.2, -0.15) is 0 Å². The van der Waals surface area contributed by atoms with Crippen LogP contribution in [0.25, 0.3) is 10.9 Å². The Bertz CT molecular complexity index is 694. The SMILES string of the molecule is Nc1cccc2cc(C(=O)N3CCOC4CCCC43)[nH]c12. The number of hydrogen-bond acceptors (Lipinski definition) is 3. The highest BCUT2D eigenvalue weighted by molar-refractivity contribution is 6.01. The third kappa shape index (κ3) is 2.00. The highest BCUT2D eigenvalue weighted by Gasteiger charge is 2.38. The van der Waals surface area contributed by atoms with Crippen molar-refractivity contribution in [2.45, 2.75) is 31.4 Å². The largest absolute Gasteiger partial charge is 0.397 e. The smallest absolute Gasteiger partial charge is 0.270 e. The summed E-state index contributed by atoms with van der Waals surface area (Å²) in [7, 11) is 0. The number of para-hydroxylation sites is 1. The van der Waals surface area contributed by atoms with Crippen LogP contribution in [-0.4, -0.2) is 41.1 Å². The summed E-state index contributed by atoms with van der Waals surface area (Å²) in [6, 6.07) is 7.84. The quantitative estimate of drug-likeness (QED) is 0.789. The summed E-state index contributed by atoms with van der Waals surface area (Å²) in [4.78, 5) is 18.0. The normalized spacial score (nSPS) is 25.2. The average molecular weight is 285 g/mol. The molecule has 1 aliphatic heterocycles. The van der Waals surface area contributed by atoms with Crippen molar-refractivity contribution in [2.75, 3.05) is 18.9 Å². The lowest BCUT2D eigenvalue weighted by molar-refractivity contribution is -0.0446. The van der Waals surface area contributed by atoms with E-state index in [-0.39, 0.29) is 18.1 Å². The van der Waals surface area contributed by atoms with Crippen LogP contribution in [0.4, 0.5) is 5.69 Å². The van der Waals surface area contributed by atoms with Gasteiger partial charge < -0.3 is 20.4 Å². The van der Waals surface area contributed by atoms with Crippen LogP contribution in [0, 0.1) is 0 Å². The minimum absolute atomic E-state index is 0.0609. The van der Waals surface area contributed by atoms with E-state index in [1.807, 2.05) is 29.2 Å². The molecule has 2 unspecified atom stereocenters. The number of nitrogens with two attached hydrogens (primary N) is 1. The molecule has 2 atom stereocenters. The van der Waals surface area contributed by atoms with E-state index >= 15 is 0 Å². The molecule has 3 N–H and O–H groups in total. The van der Waals surface area contributed by atoms with E-state index in [1.54, 1.807) is 0 Å². The number of aromatic amines is 1. The topological polar surface area (TPSA) is 71.3 Å². The maximum Gasteiger partial charge on any atom is 0.270 e. The summed E-state index contributed by atoms with van der Waals surface area (Å²) >= 11 is 0. The number of ether oxygens (including phenoxy) is 1. The van der Waals surface area contributed by atoms with E-state index in [0.717, 1.165) is 30.2 Å². The van der Waals surface area contributed by atoms with Gasteiger partial charge >= 0.3 is 0 Å². The second-order valence-electron chi connectivity index (χ2n) is 5.90. The molecular weight excluding hydrogens is 266 g/mol. The Morgan fingerprint density at radius 1 is 1.38 bits per heavy atom. The molecule has 1 aromatic carbocycles. The van der Waals surface area contributed by atoms with Crippen molar-refractivity contribution >= 4 is 22.5 Å². The number of benzene rings is 1. The highest BCUT2D eigenvalue weighted by atomic mass is 16.5. The third-order valence-electron chi connectivity index (χ3n) is 4.66. The number of carbonyl (C=O) groups is 1. The molecule has 1 aromatic heterocycles. The predicted molar refractivity (Wildman–Crippen MR) is 81.1 cm³/mol. The fourth-order valence-corrected chi connectivity index (χ4v) is 3.63. The Morgan fingerprint density at radius 2 is 2.29 bits per heavy atom. The van der Waals surface area contributed by atoms with Gasteiger partial charge in [-0.3, -0.25) is 4.79 Å². The summed E-state index contributed by atoms with van der Waals surface area (Å²) in [5, 5.41) is 0.981. The number of rotatable bonds is 1. The summed E-state index contributed by atoms with van der Waals surface area (Å²) in [6.07, 6.45) is 3.46. The zero-order valence-electron chi connectivity index (χ0n) is 11.8. The zero-order valence-corrected chi connectivity index (χ0v) is 11.8. The first-order valence-corrected chi connectivity index (χ1v) is 7.54. The van der Waals surface area contributed by atoms with Crippen molar-refractivity contribution in [1.82, 2.24) is 9.88 Å². The van der Waals surface area contributed by atoms with E-state index in [1.165, 1.54) is 0 Å². The van der Waals surface area contributed by atoms with Gasteiger partial charge in [-0.1, -0.05) is 12.1 Å². The van der Waals surface area contributed by atoms with Crippen LogP contribution in [0.3, 0.4) is 0 Å². The Kier molecular flexibility index (Phi) is 2.89. The first-order valence-electron chi connectivity index (χ1n) is 7.54. The lowest BCUT2D eigenvalue weighted by Crippen LogP contribution is -2.51. The number of fused-ring (bicyclic) bond motifs is 2. The Labute approximate surface area is 123 Å². The van der Waals surface area contributed by atoms with Crippen LogP contribution in [0.15, 0.2) is 24.3 Å². The molecule has 4 rings (SSSR count). The van der Waals surface area contributed by atoms with Crippen molar-refractivity contribution in [3.8, 4) is 0 Å². The van der Waals surface area contributed by atoms with Crippen molar-refractivity contribution in [2.24, 2.45) is 0 Å². The molecule has 2 fully saturated rings. The van der Waals surface area contributed by atoms with Crippen LogP contribution in [0.1, 0.15) is 29.8 Å². The third-order valence-corrected chi connectivity index (χ3v) is 4.66. The average Bonchev–Trinajstić information content (AvgIpc) is 3.13. The van der Waals surface area contributed by atoms with Crippen LogP contribution < -0.4 is 5.73 Å². The number of H-pyrrole nitrogens is 1. The van der Waals surface area contributed by atoms with E-state index in [0.29, 0.717) is 24.5 Å². The standard InChI is InChI=1S/C16H19N3O2/c17-11-4-1-3-10-9-12(18-15(10)11)16(20)19-7-8-21-14-6-2-5-13(14)19/h1,3-4,9,13-14,18H,2,5-8,17H2. The van der Waals surface area contributed by atoms with Crippen molar-refractivity contribution in [3.05, 3.63) is 30.0 Å². The molecule has 5 nitrogen and oxygen atoms in total. The molecule has 2 aromatic rings. The van der Waals surface area contributed by atoms with Crippen LogP contribution in [-0.2, 0) is 4.74 Å². The fourth-order valence-electron chi connectivity index (χ4n) is 3.63. The summed E-state index contributed by atoms with van der Waals surface area (Å²) in [5.41, 5.74) is 8.10. The number of anilines is 1. The molecule has 5 heteroatoms. The molecule has 1 saturated carbocycles. The van der Waals surface area contributed by atoms with Crippen molar-refractivity contribution in [1.29, 1.82) is 0 Å². The van der Waals surface area contributed by atoms with E-state index < -0.39 is 0 Å². The second-order valence-corrected chi connectivity index (χ2v) is 5.90. The second kappa shape index (κ2) is 4.77. The lowest BCUT2D eigenvalue weighted by Gasteiger charge is -2.37. The van der Waals surface area contributed by atoms with Crippen LogP contribution >= 0.6 is 0 Å². The minimum atomic E-state index is 0.0609.